The zero-order chi connectivity index (χ0) is 23.9. The molecule has 35 heavy (non-hydrogen) atoms. The Labute approximate surface area is 205 Å². The van der Waals surface area contributed by atoms with Crippen molar-refractivity contribution in [1.82, 2.24) is 19.4 Å². The minimum absolute atomic E-state index is 0.489. The van der Waals surface area contributed by atoms with E-state index >= 15 is 0 Å². The van der Waals surface area contributed by atoms with E-state index in [-0.39, 0.29) is 0 Å². The number of nitrogens with one attached hydrogen (secondary N) is 1. The number of piperidine rings is 1. The fourth-order valence-electron chi connectivity index (χ4n) is 5.68. The summed E-state index contributed by atoms with van der Waals surface area (Å²) in [7, 11) is -1.53. The van der Waals surface area contributed by atoms with Crippen molar-refractivity contribution in [3.63, 3.8) is 0 Å². The molecule has 4 heterocycles. The molecule has 0 aliphatic carbocycles. The van der Waals surface area contributed by atoms with Gasteiger partial charge >= 0.3 is 7.12 Å². The molecular formula is C27H30BN5O2. The average Bonchev–Trinajstić information content (AvgIpc) is 3.22. The van der Waals surface area contributed by atoms with Gasteiger partial charge in [0.05, 0.1) is 11.2 Å². The lowest BCUT2D eigenvalue weighted by atomic mass is 9.78. The molecule has 0 bridgehead atoms. The summed E-state index contributed by atoms with van der Waals surface area (Å²) in [5, 5.41) is 24.2. The van der Waals surface area contributed by atoms with E-state index in [1.807, 2.05) is 35.8 Å². The number of hydrogen-bond donors (Lipinski definition) is 3. The number of aromatic nitrogens is 3. The van der Waals surface area contributed by atoms with Crippen LogP contribution in [0.3, 0.4) is 0 Å². The summed E-state index contributed by atoms with van der Waals surface area (Å²) in [5.41, 5.74) is 5.84. The van der Waals surface area contributed by atoms with Gasteiger partial charge in [-0.3, -0.25) is 9.47 Å². The highest BCUT2D eigenvalue weighted by Crippen LogP contribution is 2.33. The van der Waals surface area contributed by atoms with Crippen LogP contribution in [-0.2, 0) is 19.5 Å². The van der Waals surface area contributed by atoms with Gasteiger partial charge < -0.3 is 15.4 Å². The number of hydrogen-bond acceptors (Lipinski definition) is 6. The van der Waals surface area contributed by atoms with Crippen LogP contribution in [0.2, 0.25) is 0 Å². The minimum atomic E-state index is -1.53. The summed E-state index contributed by atoms with van der Waals surface area (Å²) in [4.78, 5) is 12.8. The van der Waals surface area contributed by atoms with E-state index in [0.29, 0.717) is 24.0 Å². The monoisotopic (exact) mass is 467 g/mol. The van der Waals surface area contributed by atoms with E-state index in [0.717, 1.165) is 47.6 Å². The van der Waals surface area contributed by atoms with Gasteiger partial charge in [-0.2, -0.15) is 4.98 Å². The van der Waals surface area contributed by atoms with Crippen molar-refractivity contribution in [2.24, 2.45) is 0 Å². The Balaban J connectivity index is 1.47. The quantitative estimate of drug-likeness (QED) is 0.392. The smallest absolute Gasteiger partial charge is 0.423 e. The van der Waals surface area contributed by atoms with E-state index in [2.05, 4.69) is 34.5 Å². The fourth-order valence-corrected chi connectivity index (χ4v) is 5.68. The predicted octanol–water partition coefficient (Wildman–Crippen LogP) is 2.93. The Morgan fingerprint density at radius 2 is 1.91 bits per heavy atom. The Bertz CT molecular complexity index is 1370. The van der Waals surface area contributed by atoms with E-state index in [9.17, 15) is 10.0 Å². The molecule has 2 aromatic carbocycles. The second-order valence-electron chi connectivity index (χ2n) is 9.74. The van der Waals surface area contributed by atoms with E-state index in [1.165, 1.54) is 30.4 Å². The van der Waals surface area contributed by atoms with Crippen molar-refractivity contribution in [1.29, 1.82) is 0 Å². The van der Waals surface area contributed by atoms with Crippen molar-refractivity contribution in [2.45, 2.75) is 51.7 Å². The van der Waals surface area contributed by atoms with Crippen LogP contribution >= 0.6 is 0 Å². The van der Waals surface area contributed by atoms with Crippen molar-refractivity contribution in [2.75, 3.05) is 11.9 Å². The van der Waals surface area contributed by atoms with Crippen LogP contribution in [0.1, 0.15) is 41.8 Å². The first-order valence-corrected chi connectivity index (χ1v) is 12.5. The molecule has 2 aliphatic heterocycles. The van der Waals surface area contributed by atoms with E-state index < -0.39 is 7.12 Å². The molecule has 0 saturated carbocycles. The highest BCUT2D eigenvalue weighted by Gasteiger charge is 2.32. The summed E-state index contributed by atoms with van der Waals surface area (Å²) >= 11 is 0. The summed E-state index contributed by atoms with van der Waals surface area (Å²) in [6.45, 7) is 4.72. The van der Waals surface area contributed by atoms with Crippen LogP contribution in [-0.4, -0.2) is 49.2 Å². The third-order valence-electron chi connectivity index (χ3n) is 7.46. The molecule has 1 atom stereocenters. The largest absolute Gasteiger partial charge is 0.489 e. The molecule has 2 aliphatic rings. The molecule has 2 aromatic heterocycles. The second kappa shape index (κ2) is 9.11. The first kappa shape index (κ1) is 22.3. The van der Waals surface area contributed by atoms with Crippen molar-refractivity contribution in [3.8, 4) is 5.95 Å². The summed E-state index contributed by atoms with van der Waals surface area (Å²) in [6.07, 6.45) is 4.69. The lowest BCUT2D eigenvalue weighted by Crippen LogP contribution is -2.44. The first-order valence-electron chi connectivity index (χ1n) is 12.5. The summed E-state index contributed by atoms with van der Waals surface area (Å²) < 4.78 is 2.03. The SMILES string of the molecule is Cc1cc2c(B(O)O)cccc2n1-c1nc2c(c(NCc3ccccc3)n1)CN1CCCCC1C2. The van der Waals surface area contributed by atoms with Crippen LogP contribution in [0.15, 0.2) is 54.6 Å². The van der Waals surface area contributed by atoms with Gasteiger partial charge in [0.1, 0.15) is 5.82 Å². The molecule has 1 unspecified atom stereocenters. The summed E-state index contributed by atoms with van der Waals surface area (Å²) in [6, 6.07) is 18.5. The van der Waals surface area contributed by atoms with Crippen molar-refractivity contribution < 1.29 is 10.0 Å². The van der Waals surface area contributed by atoms with Crippen LogP contribution in [0, 0.1) is 6.92 Å². The van der Waals surface area contributed by atoms with Crippen LogP contribution in [0.4, 0.5) is 5.82 Å². The molecular weight excluding hydrogens is 437 g/mol. The molecule has 178 valence electrons. The van der Waals surface area contributed by atoms with Crippen molar-refractivity contribution >= 4 is 29.3 Å². The number of fused-ring (bicyclic) bond motifs is 3. The minimum Gasteiger partial charge on any atom is -0.423 e. The zero-order valence-corrected chi connectivity index (χ0v) is 20.0. The Kier molecular flexibility index (Phi) is 5.80. The molecule has 4 aromatic rings. The van der Waals surface area contributed by atoms with E-state index in [4.69, 9.17) is 9.97 Å². The third kappa shape index (κ3) is 4.12. The van der Waals surface area contributed by atoms with Gasteiger partial charge in [-0.15, -0.1) is 0 Å². The molecule has 8 heteroatoms. The summed E-state index contributed by atoms with van der Waals surface area (Å²) in [5.74, 6) is 1.51. The maximum Gasteiger partial charge on any atom is 0.489 e. The lowest BCUT2D eigenvalue weighted by Gasteiger charge is -2.40. The molecule has 0 spiro atoms. The Morgan fingerprint density at radius 1 is 1.06 bits per heavy atom. The molecule has 7 nitrogen and oxygen atoms in total. The number of benzene rings is 2. The van der Waals surface area contributed by atoms with Crippen LogP contribution in [0.25, 0.3) is 16.9 Å². The molecule has 0 amide bonds. The first-order chi connectivity index (χ1) is 17.1. The van der Waals surface area contributed by atoms with Gasteiger partial charge in [-0.05, 0) is 49.5 Å². The maximum absolute atomic E-state index is 9.88. The van der Waals surface area contributed by atoms with Gasteiger partial charge in [0.25, 0.3) is 0 Å². The number of nitrogens with zero attached hydrogens (tertiary/aromatic N) is 4. The van der Waals surface area contributed by atoms with Crippen molar-refractivity contribution in [3.05, 3.63) is 77.1 Å². The second-order valence-corrected chi connectivity index (χ2v) is 9.74. The van der Waals surface area contributed by atoms with Gasteiger partial charge in [0.2, 0.25) is 5.95 Å². The molecule has 1 saturated heterocycles. The molecule has 6 rings (SSSR count). The Morgan fingerprint density at radius 3 is 2.74 bits per heavy atom. The normalized spacial score (nSPS) is 17.7. The van der Waals surface area contributed by atoms with E-state index in [1.54, 1.807) is 6.07 Å². The fraction of sp³-hybridized carbons (Fsp3) is 0.333. The van der Waals surface area contributed by atoms with Gasteiger partial charge in [-0.25, -0.2) is 4.98 Å². The Hall–Kier alpha value is -3.20. The number of anilines is 1. The molecule has 3 N–H and O–H groups in total. The standard InChI is InChI=1S/C27H30BN5O2/c1-18-14-21-23(28(34)35)11-7-12-25(21)33(18)27-30-24-15-20-10-5-6-13-32(20)17-22(24)26(31-27)29-16-19-8-3-2-4-9-19/h2-4,7-9,11-12,14,20,34-35H,5-6,10,13,15-17H2,1H3,(H,29,30,31). The van der Waals surface area contributed by atoms with Crippen LogP contribution < -0.4 is 10.8 Å². The highest BCUT2D eigenvalue weighted by atomic mass is 16.4. The molecule has 1 fully saturated rings. The number of rotatable bonds is 5. The highest BCUT2D eigenvalue weighted by molar-refractivity contribution is 6.61. The predicted molar refractivity (Wildman–Crippen MR) is 139 cm³/mol. The van der Waals surface area contributed by atoms with Crippen LogP contribution in [0.5, 0.6) is 0 Å². The maximum atomic E-state index is 9.88. The lowest BCUT2D eigenvalue weighted by molar-refractivity contribution is 0.126. The average molecular weight is 467 g/mol. The van der Waals surface area contributed by atoms with Gasteiger partial charge in [0, 0.05) is 42.2 Å². The van der Waals surface area contributed by atoms with Gasteiger partial charge in [-0.1, -0.05) is 48.9 Å². The molecule has 0 radical (unpaired) electrons. The topological polar surface area (TPSA) is 86.4 Å². The third-order valence-corrected chi connectivity index (χ3v) is 7.46. The number of aryl methyl sites for hydroxylation is 1. The zero-order valence-electron chi connectivity index (χ0n) is 20.0. The van der Waals surface area contributed by atoms with Gasteiger partial charge in [0.15, 0.2) is 0 Å².